The molecule has 0 aliphatic carbocycles. The van der Waals surface area contributed by atoms with E-state index in [-0.39, 0.29) is 0 Å². The van der Waals surface area contributed by atoms with Crippen LogP contribution in [0.15, 0.2) is 30.7 Å². The number of nitrogens with zero attached hydrogens (tertiary/aromatic N) is 1. The molecule has 2 rings (SSSR count). The van der Waals surface area contributed by atoms with Crippen molar-refractivity contribution in [1.82, 2.24) is 15.2 Å². The third kappa shape index (κ3) is 1.45. The Balaban J connectivity index is 2.14. The van der Waals surface area contributed by atoms with E-state index in [1.807, 2.05) is 36.7 Å². The van der Waals surface area contributed by atoms with Crippen LogP contribution in [0.25, 0.3) is 12.2 Å². The standard InChI is InChI=1S/C9H9N3/c1-2-9(10-5-1)4-3-8-6-11-12-7-8/h1-7,10H,(H,11,12)/b4-3+. The zero-order chi connectivity index (χ0) is 8.23. The van der Waals surface area contributed by atoms with Gasteiger partial charge in [-0.1, -0.05) is 0 Å². The van der Waals surface area contributed by atoms with Gasteiger partial charge in [0.05, 0.1) is 6.20 Å². The molecule has 3 nitrogen and oxygen atoms in total. The maximum absolute atomic E-state index is 3.84. The van der Waals surface area contributed by atoms with Crippen molar-refractivity contribution < 1.29 is 0 Å². The van der Waals surface area contributed by atoms with E-state index < -0.39 is 0 Å². The minimum Gasteiger partial charge on any atom is -0.362 e. The first-order chi connectivity index (χ1) is 5.95. The SMILES string of the molecule is C(=C\c1ccc[nH]1)/c1cn[nH]c1. The van der Waals surface area contributed by atoms with Gasteiger partial charge in [0.15, 0.2) is 0 Å². The van der Waals surface area contributed by atoms with E-state index in [1.54, 1.807) is 6.20 Å². The number of aromatic nitrogens is 3. The van der Waals surface area contributed by atoms with Crippen LogP contribution in [0.1, 0.15) is 11.3 Å². The van der Waals surface area contributed by atoms with Crippen molar-refractivity contribution in [2.75, 3.05) is 0 Å². The Morgan fingerprint density at radius 3 is 3.00 bits per heavy atom. The fraction of sp³-hybridized carbons (Fsp3) is 0. The highest BCUT2D eigenvalue weighted by Gasteiger charge is 1.86. The summed E-state index contributed by atoms with van der Waals surface area (Å²) in [4.78, 5) is 3.08. The third-order valence-corrected chi connectivity index (χ3v) is 1.60. The van der Waals surface area contributed by atoms with Crippen molar-refractivity contribution in [3.63, 3.8) is 0 Å². The summed E-state index contributed by atoms with van der Waals surface area (Å²) in [6, 6.07) is 3.98. The van der Waals surface area contributed by atoms with Gasteiger partial charge in [0, 0.05) is 23.7 Å². The predicted octanol–water partition coefficient (Wildman–Crippen LogP) is 1.91. The summed E-state index contributed by atoms with van der Waals surface area (Å²) >= 11 is 0. The smallest absolute Gasteiger partial charge is 0.0559 e. The largest absolute Gasteiger partial charge is 0.362 e. The molecule has 0 saturated heterocycles. The lowest BCUT2D eigenvalue weighted by Crippen LogP contribution is -1.66. The van der Waals surface area contributed by atoms with Gasteiger partial charge >= 0.3 is 0 Å². The topological polar surface area (TPSA) is 44.5 Å². The van der Waals surface area contributed by atoms with Gasteiger partial charge in [-0.2, -0.15) is 5.10 Å². The monoisotopic (exact) mass is 159 g/mol. The Labute approximate surface area is 70.1 Å². The molecule has 0 aliphatic heterocycles. The Bertz CT molecular complexity index is 307. The van der Waals surface area contributed by atoms with E-state index in [2.05, 4.69) is 15.2 Å². The molecule has 0 fully saturated rings. The van der Waals surface area contributed by atoms with Crippen LogP contribution in [0, 0.1) is 0 Å². The normalized spacial score (nSPS) is 11.0. The summed E-state index contributed by atoms with van der Waals surface area (Å²) in [5.41, 5.74) is 2.17. The van der Waals surface area contributed by atoms with E-state index in [1.165, 1.54) is 0 Å². The summed E-state index contributed by atoms with van der Waals surface area (Å²) < 4.78 is 0. The number of rotatable bonds is 2. The van der Waals surface area contributed by atoms with E-state index in [4.69, 9.17) is 0 Å². The van der Waals surface area contributed by atoms with Gasteiger partial charge < -0.3 is 4.98 Å². The lowest BCUT2D eigenvalue weighted by atomic mass is 10.3. The van der Waals surface area contributed by atoms with Crippen LogP contribution in [0.3, 0.4) is 0 Å². The molecule has 0 bridgehead atoms. The summed E-state index contributed by atoms with van der Waals surface area (Å²) in [5.74, 6) is 0. The highest BCUT2D eigenvalue weighted by molar-refractivity contribution is 5.67. The van der Waals surface area contributed by atoms with Gasteiger partial charge in [-0.25, -0.2) is 0 Å². The molecule has 0 unspecified atom stereocenters. The van der Waals surface area contributed by atoms with Gasteiger partial charge in [0.1, 0.15) is 0 Å². The number of hydrogen-bond donors (Lipinski definition) is 2. The molecule has 0 atom stereocenters. The summed E-state index contributed by atoms with van der Waals surface area (Å²) in [6.45, 7) is 0. The number of aromatic amines is 2. The molecule has 60 valence electrons. The van der Waals surface area contributed by atoms with Crippen molar-refractivity contribution in [2.45, 2.75) is 0 Å². The van der Waals surface area contributed by atoms with Crippen molar-refractivity contribution in [2.24, 2.45) is 0 Å². The molecule has 2 aromatic heterocycles. The Kier molecular flexibility index (Phi) is 1.78. The van der Waals surface area contributed by atoms with Crippen LogP contribution < -0.4 is 0 Å². The second-order valence-electron chi connectivity index (χ2n) is 2.49. The first-order valence-corrected chi connectivity index (χ1v) is 3.75. The zero-order valence-electron chi connectivity index (χ0n) is 6.49. The van der Waals surface area contributed by atoms with Crippen molar-refractivity contribution in [3.05, 3.63) is 42.0 Å². The van der Waals surface area contributed by atoms with Crippen molar-refractivity contribution >= 4 is 12.2 Å². The van der Waals surface area contributed by atoms with Gasteiger partial charge in [-0.05, 0) is 24.3 Å². The summed E-state index contributed by atoms with van der Waals surface area (Å²) in [6.07, 6.45) is 9.52. The molecule has 0 saturated carbocycles. The molecule has 0 aromatic carbocycles. The maximum atomic E-state index is 3.84. The number of H-pyrrole nitrogens is 2. The lowest BCUT2D eigenvalue weighted by molar-refractivity contribution is 1.09. The minimum atomic E-state index is 1.07. The molecule has 2 N–H and O–H groups in total. The van der Waals surface area contributed by atoms with Gasteiger partial charge in [-0.3, -0.25) is 5.10 Å². The second-order valence-corrected chi connectivity index (χ2v) is 2.49. The third-order valence-electron chi connectivity index (χ3n) is 1.60. The first kappa shape index (κ1) is 6.91. The minimum absolute atomic E-state index is 1.07. The number of hydrogen-bond acceptors (Lipinski definition) is 1. The maximum Gasteiger partial charge on any atom is 0.0559 e. The average Bonchev–Trinajstić information content (AvgIpc) is 2.74. The molecule has 0 aliphatic rings. The van der Waals surface area contributed by atoms with Crippen LogP contribution in [0.2, 0.25) is 0 Å². The second kappa shape index (κ2) is 3.09. The molecular weight excluding hydrogens is 150 g/mol. The van der Waals surface area contributed by atoms with Crippen LogP contribution in [-0.4, -0.2) is 15.2 Å². The molecule has 2 aromatic rings. The van der Waals surface area contributed by atoms with Gasteiger partial charge in [0.2, 0.25) is 0 Å². The summed E-state index contributed by atoms with van der Waals surface area (Å²) in [7, 11) is 0. The fourth-order valence-electron chi connectivity index (χ4n) is 0.986. The van der Waals surface area contributed by atoms with Gasteiger partial charge in [-0.15, -0.1) is 0 Å². The molecule has 0 radical (unpaired) electrons. The molecule has 0 amide bonds. The van der Waals surface area contributed by atoms with Crippen LogP contribution in [0.4, 0.5) is 0 Å². The number of nitrogens with one attached hydrogen (secondary N) is 2. The lowest BCUT2D eigenvalue weighted by Gasteiger charge is -1.83. The van der Waals surface area contributed by atoms with Gasteiger partial charge in [0.25, 0.3) is 0 Å². The van der Waals surface area contributed by atoms with E-state index >= 15 is 0 Å². The van der Waals surface area contributed by atoms with Crippen molar-refractivity contribution in [1.29, 1.82) is 0 Å². The molecule has 12 heavy (non-hydrogen) atoms. The molecule has 3 heteroatoms. The molecular formula is C9H9N3. The fourth-order valence-corrected chi connectivity index (χ4v) is 0.986. The zero-order valence-corrected chi connectivity index (χ0v) is 6.49. The van der Waals surface area contributed by atoms with E-state index in [0.29, 0.717) is 0 Å². The quantitative estimate of drug-likeness (QED) is 0.690. The van der Waals surface area contributed by atoms with Crippen molar-refractivity contribution in [3.8, 4) is 0 Å². The van der Waals surface area contributed by atoms with E-state index in [0.717, 1.165) is 11.3 Å². The Hall–Kier alpha value is -1.77. The molecule has 0 spiro atoms. The predicted molar refractivity (Wildman–Crippen MR) is 48.3 cm³/mol. The Morgan fingerprint density at radius 2 is 2.33 bits per heavy atom. The first-order valence-electron chi connectivity index (χ1n) is 3.75. The van der Waals surface area contributed by atoms with E-state index in [9.17, 15) is 0 Å². The van der Waals surface area contributed by atoms with Crippen LogP contribution >= 0.6 is 0 Å². The van der Waals surface area contributed by atoms with Crippen LogP contribution in [0.5, 0.6) is 0 Å². The summed E-state index contributed by atoms with van der Waals surface area (Å²) in [5, 5.41) is 6.58. The average molecular weight is 159 g/mol. The highest BCUT2D eigenvalue weighted by atomic mass is 15.1. The Morgan fingerprint density at radius 1 is 1.33 bits per heavy atom. The molecule has 2 heterocycles. The highest BCUT2D eigenvalue weighted by Crippen LogP contribution is 2.03. The van der Waals surface area contributed by atoms with Crippen LogP contribution in [-0.2, 0) is 0 Å².